The van der Waals surface area contributed by atoms with Crippen molar-refractivity contribution in [1.29, 1.82) is 0 Å². The second-order valence-electron chi connectivity index (χ2n) is 6.96. The Balaban J connectivity index is 1.59. The second-order valence-corrected chi connectivity index (χ2v) is 9.01. The third-order valence-electron chi connectivity index (χ3n) is 4.79. The number of benzene rings is 2. The van der Waals surface area contributed by atoms with E-state index in [4.69, 9.17) is 9.15 Å². The number of rotatable bonds is 8. The molecule has 0 saturated heterocycles. The zero-order chi connectivity index (χ0) is 22.6. The molecule has 0 radical (unpaired) electrons. The van der Waals surface area contributed by atoms with E-state index in [9.17, 15) is 22.4 Å². The molecule has 3 aromatic rings. The van der Waals surface area contributed by atoms with E-state index in [1.165, 1.54) is 31.3 Å². The average Bonchev–Trinajstić information content (AvgIpc) is 2.73. The van der Waals surface area contributed by atoms with E-state index < -0.39 is 27.4 Å². The Labute approximate surface area is 179 Å². The van der Waals surface area contributed by atoms with E-state index >= 15 is 0 Å². The summed E-state index contributed by atoms with van der Waals surface area (Å²) in [4.78, 5) is 23.8. The molecule has 1 aromatic heterocycles. The van der Waals surface area contributed by atoms with Crippen LogP contribution in [-0.2, 0) is 21.2 Å². The first-order valence-corrected chi connectivity index (χ1v) is 11.1. The Hall–Kier alpha value is -3.04. The Morgan fingerprint density at radius 1 is 1.13 bits per heavy atom. The van der Waals surface area contributed by atoms with Gasteiger partial charge in [-0.1, -0.05) is 6.92 Å². The predicted octanol–water partition coefficient (Wildman–Crippen LogP) is 3.50. The third kappa shape index (κ3) is 5.36. The molecule has 0 spiro atoms. The van der Waals surface area contributed by atoms with E-state index in [0.29, 0.717) is 12.0 Å². The molecule has 1 heterocycles. The van der Waals surface area contributed by atoms with Crippen LogP contribution in [0.1, 0.15) is 25.3 Å². The number of nitrogens with zero attached hydrogens (tertiary/aromatic N) is 1. The first kappa shape index (κ1) is 22.6. The highest BCUT2D eigenvalue weighted by atomic mass is 32.2. The maximum atomic E-state index is 13.0. The molecule has 31 heavy (non-hydrogen) atoms. The normalized spacial score (nSPS) is 11.7. The zero-order valence-electron chi connectivity index (χ0n) is 17.1. The number of sulfonamides is 1. The van der Waals surface area contributed by atoms with Gasteiger partial charge < -0.3 is 9.15 Å². The summed E-state index contributed by atoms with van der Waals surface area (Å²) in [7, 11) is -2.39. The van der Waals surface area contributed by atoms with Crippen LogP contribution >= 0.6 is 0 Å². The van der Waals surface area contributed by atoms with Gasteiger partial charge in [-0.3, -0.25) is 4.79 Å². The molecule has 164 valence electrons. The van der Waals surface area contributed by atoms with Gasteiger partial charge >= 0.3 is 11.6 Å². The van der Waals surface area contributed by atoms with Crippen molar-refractivity contribution in [3.63, 3.8) is 0 Å². The van der Waals surface area contributed by atoms with Crippen LogP contribution < -0.4 is 10.4 Å². The molecule has 0 fully saturated rings. The minimum atomic E-state index is -3.78. The van der Waals surface area contributed by atoms with E-state index in [1.807, 2.05) is 6.92 Å². The van der Waals surface area contributed by atoms with Crippen LogP contribution in [0.3, 0.4) is 0 Å². The fourth-order valence-corrected chi connectivity index (χ4v) is 4.31. The van der Waals surface area contributed by atoms with Crippen molar-refractivity contribution in [2.45, 2.75) is 31.1 Å². The van der Waals surface area contributed by atoms with Gasteiger partial charge in [0.15, 0.2) is 0 Å². The van der Waals surface area contributed by atoms with Crippen LogP contribution in [0.2, 0.25) is 0 Å². The maximum Gasteiger partial charge on any atom is 0.336 e. The number of esters is 1. The lowest BCUT2D eigenvalue weighted by molar-refractivity contribution is -0.134. The number of halogens is 1. The number of carbonyl (C=O) groups is 1. The lowest BCUT2D eigenvalue weighted by Crippen LogP contribution is -2.28. The van der Waals surface area contributed by atoms with Crippen LogP contribution in [-0.4, -0.2) is 32.3 Å². The minimum Gasteiger partial charge on any atom is -0.426 e. The molecule has 0 bridgehead atoms. The first-order valence-electron chi connectivity index (χ1n) is 9.70. The molecule has 3 rings (SSSR count). The van der Waals surface area contributed by atoms with Crippen LogP contribution in [0.25, 0.3) is 11.0 Å². The van der Waals surface area contributed by atoms with Gasteiger partial charge in [-0.25, -0.2) is 21.9 Å². The Kier molecular flexibility index (Phi) is 6.87. The molecule has 0 saturated carbocycles. The van der Waals surface area contributed by atoms with Gasteiger partial charge in [0.2, 0.25) is 10.0 Å². The summed E-state index contributed by atoms with van der Waals surface area (Å²) >= 11 is 0. The van der Waals surface area contributed by atoms with Crippen LogP contribution in [0.4, 0.5) is 4.39 Å². The molecule has 0 aliphatic carbocycles. The zero-order valence-corrected chi connectivity index (χ0v) is 17.9. The molecule has 0 amide bonds. The SMILES string of the molecule is CCc1cc(=O)oc2cc(OC(=O)CCCN(C)S(=O)(=O)c3ccc(F)cc3)ccc12. The molecule has 0 aliphatic rings. The number of aryl methyl sites for hydroxylation is 1. The van der Waals surface area contributed by atoms with Gasteiger partial charge in [-0.2, -0.15) is 0 Å². The predicted molar refractivity (Wildman–Crippen MR) is 113 cm³/mol. The van der Waals surface area contributed by atoms with Gasteiger partial charge in [0, 0.05) is 37.5 Å². The summed E-state index contributed by atoms with van der Waals surface area (Å²) in [6, 6.07) is 10.8. The first-order chi connectivity index (χ1) is 14.7. The van der Waals surface area contributed by atoms with Crippen molar-refractivity contribution in [1.82, 2.24) is 4.31 Å². The monoisotopic (exact) mass is 447 g/mol. The molecule has 2 aromatic carbocycles. The molecule has 0 unspecified atom stereocenters. The third-order valence-corrected chi connectivity index (χ3v) is 6.66. The maximum absolute atomic E-state index is 13.0. The van der Waals surface area contributed by atoms with E-state index in [2.05, 4.69) is 0 Å². The molecule has 0 N–H and O–H groups in total. The average molecular weight is 447 g/mol. The summed E-state index contributed by atoms with van der Waals surface area (Å²) in [5, 5.41) is 0.773. The number of ether oxygens (including phenoxy) is 1. The van der Waals surface area contributed by atoms with Crippen LogP contribution in [0, 0.1) is 5.82 Å². The Morgan fingerprint density at radius 3 is 2.52 bits per heavy atom. The van der Waals surface area contributed by atoms with Crippen molar-refractivity contribution in [3.05, 3.63) is 70.3 Å². The number of fused-ring (bicyclic) bond motifs is 1. The molecule has 7 nitrogen and oxygen atoms in total. The van der Waals surface area contributed by atoms with Crippen molar-refractivity contribution >= 4 is 27.0 Å². The summed E-state index contributed by atoms with van der Waals surface area (Å²) in [6.45, 7) is 2.01. The van der Waals surface area contributed by atoms with Crippen LogP contribution in [0.15, 0.2) is 62.6 Å². The second kappa shape index (κ2) is 9.40. The molecule has 0 atom stereocenters. The fourth-order valence-electron chi connectivity index (χ4n) is 3.10. The Bertz CT molecular complexity index is 1250. The van der Waals surface area contributed by atoms with Crippen molar-refractivity contribution in [2.75, 3.05) is 13.6 Å². The molecule has 0 aliphatic heterocycles. The van der Waals surface area contributed by atoms with Crippen LogP contribution in [0.5, 0.6) is 5.75 Å². The van der Waals surface area contributed by atoms with Gasteiger partial charge in [-0.05, 0) is 54.8 Å². The Morgan fingerprint density at radius 2 is 1.84 bits per heavy atom. The van der Waals surface area contributed by atoms with Crippen molar-refractivity contribution in [2.24, 2.45) is 0 Å². The van der Waals surface area contributed by atoms with Crippen molar-refractivity contribution < 1.29 is 26.8 Å². The highest BCUT2D eigenvalue weighted by Crippen LogP contribution is 2.23. The number of hydrogen-bond acceptors (Lipinski definition) is 6. The fraction of sp³-hybridized carbons (Fsp3) is 0.273. The highest BCUT2D eigenvalue weighted by Gasteiger charge is 2.20. The molecule has 9 heteroatoms. The topological polar surface area (TPSA) is 93.9 Å². The summed E-state index contributed by atoms with van der Waals surface area (Å²) in [5.74, 6) is -0.828. The molecular weight excluding hydrogens is 425 g/mol. The standard InChI is InChI=1S/C22H22FNO6S/c1-3-15-13-22(26)30-20-14-17(8-11-19(15)20)29-21(25)5-4-12-24(2)31(27,28)18-9-6-16(23)7-10-18/h6-11,13-14H,3-5,12H2,1-2H3. The van der Waals surface area contributed by atoms with E-state index in [0.717, 1.165) is 27.4 Å². The van der Waals surface area contributed by atoms with Gasteiger partial charge in [0.1, 0.15) is 17.1 Å². The summed E-state index contributed by atoms with van der Waals surface area (Å²) in [6.07, 6.45) is 0.883. The lowest BCUT2D eigenvalue weighted by atomic mass is 10.1. The summed E-state index contributed by atoms with van der Waals surface area (Å²) < 4.78 is 49.5. The van der Waals surface area contributed by atoms with Gasteiger partial charge in [0.25, 0.3) is 0 Å². The van der Waals surface area contributed by atoms with E-state index in [-0.39, 0.29) is 30.0 Å². The van der Waals surface area contributed by atoms with E-state index in [1.54, 1.807) is 12.1 Å². The minimum absolute atomic E-state index is 0.0136. The quantitative estimate of drug-likeness (QED) is 0.298. The summed E-state index contributed by atoms with van der Waals surface area (Å²) in [5.41, 5.74) is 0.701. The van der Waals surface area contributed by atoms with Crippen molar-refractivity contribution in [3.8, 4) is 5.75 Å². The number of carbonyl (C=O) groups excluding carboxylic acids is 1. The van der Waals surface area contributed by atoms with Gasteiger partial charge in [0.05, 0.1) is 4.90 Å². The number of hydrogen-bond donors (Lipinski definition) is 0. The smallest absolute Gasteiger partial charge is 0.336 e. The highest BCUT2D eigenvalue weighted by molar-refractivity contribution is 7.89. The molecular formula is C22H22FNO6S. The van der Waals surface area contributed by atoms with Gasteiger partial charge in [-0.15, -0.1) is 0 Å². The largest absolute Gasteiger partial charge is 0.426 e. The lowest BCUT2D eigenvalue weighted by Gasteiger charge is -2.17.